The lowest BCUT2D eigenvalue weighted by Crippen LogP contribution is -2.65. The molecule has 1 saturated heterocycles. The number of carbonyl (C=O) groups is 2. The van der Waals surface area contributed by atoms with Crippen LogP contribution in [0.4, 0.5) is 5.69 Å². The van der Waals surface area contributed by atoms with Gasteiger partial charge in [0.25, 0.3) is 5.91 Å². The van der Waals surface area contributed by atoms with Gasteiger partial charge in [-0.3, -0.25) is 9.59 Å². The summed E-state index contributed by atoms with van der Waals surface area (Å²) in [7, 11) is -3.84. The van der Waals surface area contributed by atoms with Crippen molar-refractivity contribution in [1.29, 1.82) is 0 Å². The highest BCUT2D eigenvalue weighted by atomic mass is 32.2. The Hall–Kier alpha value is -2.49. The first-order valence-corrected chi connectivity index (χ1v) is 14.1. The number of aryl methyl sites for hydroxylation is 2. The van der Waals surface area contributed by atoms with E-state index in [2.05, 4.69) is 17.2 Å². The van der Waals surface area contributed by atoms with E-state index in [0.717, 1.165) is 19.3 Å². The molecule has 4 rings (SSSR count). The summed E-state index contributed by atoms with van der Waals surface area (Å²) in [6.07, 6.45) is 5.39. The molecule has 0 bridgehead atoms. The van der Waals surface area contributed by atoms with Gasteiger partial charge in [0, 0.05) is 27.7 Å². The molecule has 188 valence electrons. The van der Waals surface area contributed by atoms with Crippen LogP contribution in [0.2, 0.25) is 0 Å². The maximum atomic E-state index is 13.8. The lowest BCUT2D eigenvalue weighted by Gasteiger charge is -2.53. The van der Waals surface area contributed by atoms with E-state index < -0.39 is 21.1 Å². The average molecular weight is 516 g/mol. The highest BCUT2D eigenvalue weighted by molar-refractivity contribution is 7.89. The number of thiophene rings is 1. The normalized spacial score (nSPS) is 19.7. The fourth-order valence-corrected chi connectivity index (χ4v) is 9.02. The summed E-state index contributed by atoms with van der Waals surface area (Å²) in [4.78, 5) is 26.7. The van der Waals surface area contributed by atoms with Gasteiger partial charge in [-0.05, 0) is 102 Å². The van der Waals surface area contributed by atoms with E-state index in [1.54, 1.807) is 16.4 Å². The highest BCUT2D eigenvalue weighted by Gasteiger charge is 2.51. The highest BCUT2D eigenvalue weighted by Crippen LogP contribution is 2.42. The van der Waals surface area contributed by atoms with Crippen molar-refractivity contribution in [3.05, 3.63) is 58.3 Å². The number of anilines is 1. The number of hydrogen-bond donors (Lipinski definition) is 2. The van der Waals surface area contributed by atoms with Gasteiger partial charge in [-0.1, -0.05) is 6.58 Å². The van der Waals surface area contributed by atoms with Crippen LogP contribution in [-0.2, 0) is 27.7 Å². The van der Waals surface area contributed by atoms with E-state index in [-0.39, 0.29) is 22.8 Å². The van der Waals surface area contributed by atoms with Crippen molar-refractivity contribution in [2.24, 2.45) is 0 Å². The van der Waals surface area contributed by atoms with Crippen molar-refractivity contribution in [3.63, 3.8) is 0 Å². The molecule has 0 unspecified atom stereocenters. The van der Waals surface area contributed by atoms with Gasteiger partial charge in [0.05, 0.1) is 9.77 Å². The number of sulfonamides is 1. The standard InChI is InChI=1S/C26H33N3O4S2/c1-6-23(30)27-19-15-25(2,3)29(26(4,5)16-19)35(32,33)20-12-10-18(11-13-20)28-24(31)22-14-17-8-7-9-21(17)34-22/h6,10-14,19H,1,7-9,15-16H2,2-5H3,(H,27,30)(H,28,31). The summed E-state index contributed by atoms with van der Waals surface area (Å²) in [5, 5.41) is 5.81. The molecule has 1 aromatic carbocycles. The number of fused-ring (bicyclic) bond motifs is 1. The number of nitrogens with one attached hydrogen (secondary N) is 2. The van der Waals surface area contributed by atoms with Gasteiger partial charge in [0.1, 0.15) is 0 Å². The molecule has 0 saturated carbocycles. The van der Waals surface area contributed by atoms with Crippen molar-refractivity contribution in [2.45, 2.75) is 81.8 Å². The van der Waals surface area contributed by atoms with Crippen molar-refractivity contribution in [3.8, 4) is 0 Å². The molecular formula is C26H33N3O4S2. The zero-order valence-corrected chi connectivity index (χ0v) is 22.3. The first-order chi connectivity index (χ1) is 16.3. The summed E-state index contributed by atoms with van der Waals surface area (Å²) >= 11 is 1.53. The molecule has 9 heteroatoms. The van der Waals surface area contributed by atoms with Gasteiger partial charge in [-0.15, -0.1) is 11.3 Å². The Morgan fingerprint density at radius 2 is 1.71 bits per heavy atom. The Morgan fingerprint density at radius 1 is 1.09 bits per heavy atom. The summed E-state index contributed by atoms with van der Waals surface area (Å²) in [6.45, 7) is 11.0. The lowest BCUT2D eigenvalue weighted by atomic mass is 9.79. The van der Waals surface area contributed by atoms with E-state index in [1.807, 2.05) is 33.8 Å². The van der Waals surface area contributed by atoms with Crippen LogP contribution in [0, 0.1) is 0 Å². The third-order valence-corrected chi connectivity index (χ3v) is 10.3. The zero-order valence-electron chi connectivity index (χ0n) is 20.7. The lowest BCUT2D eigenvalue weighted by molar-refractivity contribution is -0.118. The second kappa shape index (κ2) is 9.19. The Bertz CT molecular complexity index is 1220. The molecule has 0 radical (unpaired) electrons. The van der Waals surface area contributed by atoms with Crippen molar-refractivity contribution in [1.82, 2.24) is 9.62 Å². The summed E-state index contributed by atoms with van der Waals surface area (Å²) in [6, 6.07) is 8.14. The molecule has 1 aliphatic heterocycles. The smallest absolute Gasteiger partial charge is 0.265 e. The topological polar surface area (TPSA) is 95.6 Å². The number of piperidine rings is 1. The Kier molecular flexibility index (Phi) is 6.72. The van der Waals surface area contributed by atoms with Gasteiger partial charge in [0.2, 0.25) is 15.9 Å². The number of nitrogens with zero attached hydrogens (tertiary/aromatic N) is 1. The zero-order chi connectivity index (χ0) is 25.6. The molecule has 1 fully saturated rings. The maximum absolute atomic E-state index is 13.8. The van der Waals surface area contributed by atoms with E-state index in [4.69, 9.17) is 0 Å². The maximum Gasteiger partial charge on any atom is 0.265 e. The molecule has 2 aromatic rings. The number of hydrogen-bond acceptors (Lipinski definition) is 5. The van der Waals surface area contributed by atoms with E-state index in [1.165, 1.54) is 40.0 Å². The minimum Gasteiger partial charge on any atom is -0.350 e. The third kappa shape index (κ3) is 5.08. The number of amides is 2. The molecule has 2 N–H and O–H groups in total. The van der Waals surface area contributed by atoms with Crippen LogP contribution in [0.3, 0.4) is 0 Å². The monoisotopic (exact) mass is 515 g/mol. The summed E-state index contributed by atoms with van der Waals surface area (Å²) in [5.41, 5.74) is 0.352. The second-order valence-corrected chi connectivity index (χ2v) is 13.5. The summed E-state index contributed by atoms with van der Waals surface area (Å²) < 4.78 is 29.1. The van der Waals surface area contributed by atoms with Gasteiger partial charge >= 0.3 is 0 Å². The molecule has 1 aromatic heterocycles. The van der Waals surface area contributed by atoms with E-state index in [0.29, 0.717) is 23.4 Å². The molecule has 2 amide bonds. The molecule has 7 nitrogen and oxygen atoms in total. The van der Waals surface area contributed by atoms with E-state index >= 15 is 0 Å². The van der Waals surface area contributed by atoms with Gasteiger partial charge in [-0.25, -0.2) is 8.42 Å². The first-order valence-electron chi connectivity index (χ1n) is 11.8. The minimum absolute atomic E-state index is 0.159. The Balaban J connectivity index is 1.52. The predicted molar refractivity (Wildman–Crippen MR) is 139 cm³/mol. The molecule has 2 heterocycles. The van der Waals surface area contributed by atoms with Crippen LogP contribution in [-0.4, -0.2) is 41.7 Å². The number of rotatable bonds is 6. The van der Waals surface area contributed by atoms with Crippen molar-refractivity contribution in [2.75, 3.05) is 5.32 Å². The van der Waals surface area contributed by atoms with Gasteiger partial charge in [-0.2, -0.15) is 4.31 Å². The SMILES string of the molecule is C=CC(=O)NC1CC(C)(C)N(S(=O)(=O)c2ccc(NC(=O)c3cc4c(s3)CCC4)cc2)C(C)(C)C1. The molecule has 0 atom stereocenters. The number of benzene rings is 1. The van der Waals surface area contributed by atoms with Crippen molar-refractivity contribution >= 4 is 38.9 Å². The molecule has 0 spiro atoms. The Labute approximate surface area is 211 Å². The second-order valence-electron chi connectivity index (χ2n) is 10.6. The van der Waals surface area contributed by atoms with Crippen LogP contribution in [0.1, 0.15) is 67.1 Å². The Morgan fingerprint density at radius 3 is 2.29 bits per heavy atom. The molecular weight excluding hydrogens is 482 g/mol. The predicted octanol–water partition coefficient (Wildman–Crippen LogP) is 4.50. The minimum atomic E-state index is -3.84. The number of carbonyl (C=O) groups excluding carboxylic acids is 2. The average Bonchev–Trinajstić information content (AvgIpc) is 3.34. The van der Waals surface area contributed by atoms with Gasteiger partial charge in [0.15, 0.2) is 0 Å². The van der Waals surface area contributed by atoms with Gasteiger partial charge < -0.3 is 10.6 Å². The fourth-order valence-electron chi connectivity index (χ4n) is 5.73. The fraction of sp³-hybridized carbons (Fsp3) is 0.462. The van der Waals surface area contributed by atoms with E-state index in [9.17, 15) is 18.0 Å². The largest absolute Gasteiger partial charge is 0.350 e. The molecule has 35 heavy (non-hydrogen) atoms. The van der Waals surface area contributed by atoms with Crippen molar-refractivity contribution < 1.29 is 18.0 Å². The van der Waals surface area contributed by atoms with Crippen LogP contribution >= 0.6 is 11.3 Å². The first kappa shape index (κ1) is 25.6. The molecule has 2 aliphatic rings. The van der Waals surface area contributed by atoms with Crippen LogP contribution in [0.15, 0.2) is 47.9 Å². The van der Waals surface area contributed by atoms with Crippen LogP contribution < -0.4 is 10.6 Å². The quantitative estimate of drug-likeness (QED) is 0.554. The summed E-state index contributed by atoms with van der Waals surface area (Å²) in [5.74, 6) is -0.436. The third-order valence-electron chi connectivity index (χ3n) is 6.74. The van der Waals surface area contributed by atoms with Crippen LogP contribution in [0.5, 0.6) is 0 Å². The molecule has 1 aliphatic carbocycles. The van der Waals surface area contributed by atoms with Crippen LogP contribution in [0.25, 0.3) is 0 Å².